The Morgan fingerprint density at radius 3 is 2.29 bits per heavy atom. The number of nitrogens with zero attached hydrogens (tertiary/aromatic N) is 2. The van der Waals surface area contributed by atoms with Gasteiger partial charge in [-0.25, -0.2) is 8.42 Å². The van der Waals surface area contributed by atoms with Crippen molar-refractivity contribution in [2.45, 2.75) is 51.6 Å². The third kappa shape index (κ3) is 4.17. The zero-order valence-corrected chi connectivity index (χ0v) is 13.9. The molecule has 0 radical (unpaired) electrons. The molecule has 6 nitrogen and oxygen atoms in total. The van der Waals surface area contributed by atoms with Crippen LogP contribution in [0.1, 0.15) is 39.5 Å². The minimum Gasteiger partial charge on any atom is -0.337 e. The number of carbonyl (C=O) groups excluding carboxylic acids is 1. The van der Waals surface area contributed by atoms with Crippen LogP contribution in [0.4, 0.5) is 0 Å². The predicted molar refractivity (Wildman–Crippen MR) is 82.5 cm³/mol. The van der Waals surface area contributed by atoms with E-state index in [0.717, 1.165) is 19.3 Å². The van der Waals surface area contributed by atoms with Gasteiger partial charge in [-0.2, -0.15) is 4.31 Å². The zero-order valence-electron chi connectivity index (χ0n) is 13.0. The van der Waals surface area contributed by atoms with Gasteiger partial charge in [-0.15, -0.1) is 0 Å². The first-order chi connectivity index (χ1) is 9.92. The number of nitrogens with one attached hydrogen (secondary N) is 1. The number of rotatable bonds is 4. The second-order valence-corrected chi connectivity index (χ2v) is 8.23. The maximum Gasteiger partial charge on any atom is 0.224 e. The molecule has 0 spiro atoms. The lowest BCUT2D eigenvalue weighted by molar-refractivity contribution is -0.136. The largest absolute Gasteiger partial charge is 0.337 e. The molecule has 0 bridgehead atoms. The van der Waals surface area contributed by atoms with Crippen molar-refractivity contribution in [1.29, 1.82) is 0 Å². The zero-order chi connectivity index (χ0) is 15.5. The van der Waals surface area contributed by atoms with Crippen molar-refractivity contribution in [1.82, 2.24) is 14.5 Å². The Bertz CT molecular complexity index is 450. The minimum atomic E-state index is -3.31. The number of carbonyl (C=O) groups is 1. The summed E-state index contributed by atoms with van der Waals surface area (Å²) in [6, 6.07) is 0.450. The van der Waals surface area contributed by atoms with Crippen LogP contribution in [0.5, 0.6) is 0 Å². The van der Waals surface area contributed by atoms with Crippen molar-refractivity contribution >= 4 is 15.9 Å². The summed E-state index contributed by atoms with van der Waals surface area (Å²) >= 11 is 0. The van der Waals surface area contributed by atoms with Gasteiger partial charge in [-0.1, -0.05) is 0 Å². The van der Waals surface area contributed by atoms with E-state index in [0.29, 0.717) is 26.2 Å². The number of amides is 1. The van der Waals surface area contributed by atoms with Crippen LogP contribution in [0.3, 0.4) is 0 Å². The normalized spacial score (nSPS) is 28.6. The van der Waals surface area contributed by atoms with Gasteiger partial charge in [0.15, 0.2) is 0 Å². The fraction of sp³-hybridized carbons (Fsp3) is 0.929. The van der Waals surface area contributed by atoms with Gasteiger partial charge < -0.3 is 10.2 Å². The van der Waals surface area contributed by atoms with E-state index in [-0.39, 0.29) is 30.2 Å². The van der Waals surface area contributed by atoms with Crippen LogP contribution in [0.2, 0.25) is 0 Å². The summed E-state index contributed by atoms with van der Waals surface area (Å²) in [6.07, 6.45) is 3.27. The molecule has 2 aliphatic heterocycles. The summed E-state index contributed by atoms with van der Waals surface area (Å²) < 4.78 is 26.0. The number of sulfonamides is 1. The van der Waals surface area contributed by atoms with Crippen LogP contribution >= 0.6 is 0 Å². The molecule has 0 aromatic heterocycles. The third-order valence-electron chi connectivity index (χ3n) is 4.52. The molecular weight excluding hydrogens is 290 g/mol. The van der Waals surface area contributed by atoms with Crippen LogP contribution < -0.4 is 5.32 Å². The quantitative estimate of drug-likeness (QED) is 0.815. The number of piperidine rings is 1. The van der Waals surface area contributed by atoms with Crippen molar-refractivity contribution in [3.63, 3.8) is 0 Å². The van der Waals surface area contributed by atoms with Gasteiger partial charge in [0.05, 0.1) is 5.75 Å². The first kappa shape index (κ1) is 16.7. The molecule has 2 aliphatic rings. The second-order valence-electron chi connectivity index (χ2n) is 6.15. The Labute approximate surface area is 127 Å². The van der Waals surface area contributed by atoms with Gasteiger partial charge in [-0.05, 0) is 33.1 Å². The SMILES string of the molecule is CC1CCCC(C)N1C(=O)CCS(=O)(=O)N1CCNCC1. The Morgan fingerprint density at radius 2 is 1.71 bits per heavy atom. The molecule has 1 amide bonds. The minimum absolute atomic E-state index is 0.0200. The topological polar surface area (TPSA) is 69.7 Å². The first-order valence-corrected chi connectivity index (χ1v) is 9.52. The lowest BCUT2D eigenvalue weighted by Gasteiger charge is -2.39. The van der Waals surface area contributed by atoms with Gasteiger partial charge in [0, 0.05) is 44.7 Å². The summed E-state index contributed by atoms with van der Waals surface area (Å²) in [4.78, 5) is 14.3. The summed E-state index contributed by atoms with van der Waals surface area (Å²) in [6.45, 7) is 6.50. The van der Waals surface area contributed by atoms with E-state index in [1.807, 2.05) is 4.90 Å². The summed E-state index contributed by atoms with van der Waals surface area (Å²) in [5.74, 6) is -0.0877. The van der Waals surface area contributed by atoms with Gasteiger partial charge in [0.25, 0.3) is 0 Å². The molecule has 122 valence electrons. The van der Waals surface area contributed by atoms with Gasteiger partial charge in [-0.3, -0.25) is 4.79 Å². The average Bonchev–Trinajstić information content (AvgIpc) is 2.46. The van der Waals surface area contributed by atoms with E-state index >= 15 is 0 Å². The highest BCUT2D eigenvalue weighted by Gasteiger charge is 2.31. The number of hydrogen-bond donors (Lipinski definition) is 1. The Hall–Kier alpha value is -0.660. The molecule has 2 fully saturated rings. The highest BCUT2D eigenvalue weighted by molar-refractivity contribution is 7.89. The second kappa shape index (κ2) is 7.07. The molecule has 2 atom stereocenters. The number of likely N-dealkylation sites (tertiary alicyclic amines) is 1. The Kier molecular flexibility index (Phi) is 5.62. The Morgan fingerprint density at radius 1 is 1.14 bits per heavy atom. The monoisotopic (exact) mass is 317 g/mol. The van der Waals surface area contributed by atoms with Gasteiger partial charge in [0.1, 0.15) is 0 Å². The standard InChI is InChI=1S/C14H27N3O3S/c1-12-4-3-5-13(2)17(12)14(18)6-11-21(19,20)16-9-7-15-8-10-16/h12-13,15H,3-11H2,1-2H3. The van der Waals surface area contributed by atoms with E-state index in [1.165, 1.54) is 4.31 Å². The highest BCUT2D eigenvalue weighted by atomic mass is 32.2. The third-order valence-corrected chi connectivity index (χ3v) is 6.40. The fourth-order valence-corrected chi connectivity index (χ4v) is 4.74. The van der Waals surface area contributed by atoms with E-state index < -0.39 is 10.0 Å². The maximum absolute atomic E-state index is 12.4. The van der Waals surface area contributed by atoms with E-state index in [9.17, 15) is 13.2 Å². The molecular formula is C14H27N3O3S. The molecule has 0 saturated carbocycles. The molecule has 0 aliphatic carbocycles. The Balaban J connectivity index is 1.90. The molecule has 1 N–H and O–H groups in total. The lowest BCUT2D eigenvalue weighted by Crippen LogP contribution is -2.49. The van der Waals surface area contributed by atoms with Crippen molar-refractivity contribution in [2.75, 3.05) is 31.9 Å². The molecule has 2 unspecified atom stereocenters. The number of piperazine rings is 1. The maximum atomic E-state index is 12.4. The van der Waals surface area contributed by atoms with Crippen LogP contribution in [0.25, 0.3) is 0 Å². The van der Waals surface area contributed by atoms with Crippen LogP contribution in [-0.2, 0) is 14.8 Å². The fourth-order valence-electron chi connectivity index (χ4n) is 3.31. The van der Waals surface area contributed by atoms with Crippen LogP contribution in [0.15, 0.2) is 0 Å². The van der Waals surface area contributed by atoms with Crippen molar-refractivity contribution < 1.29 is 13.2 Å². The predicted octanol–water partition coefficient (Wildman–Crippen LogP) is 0.401. The van der Waals surface area contributed by atoms with E-state index in [4.69, 9.17) is 0 Å². The van der Waals surface area contributed by atoms with Gasteiger partial charge >= 0.3 is 0 Å². The van der Waals surface area contributed by atoms with Crippen molar-refractivity contribution in [3.8, 4) is 0 Å². The van der Waals surface area contributed by atoms with E-state index in [1.54, 1.807) is 0 Å². The molecule has 0 aromatic rings. The molecule has 0 aromatic carbocycles. The van der Waals surface area contributed by atoms with E-state index in [2.05, 4.69) is 19.2 Å². The molecule has 2 heterocycles. The molecule has 2 saturated heterocycles. The molecule has 7 heteroatoms. The van der Waals surface area contributed by atoms with Crippen LogP contribution in [-0.4, -0.2) is 67.5 Å². The molecule has 21 heavy (non-hydrogen) atoms. The van der Waals surface area contributed by atoms with Crippen molar-refractivity contribution in [3.05, 3.63) is 0 Å². The number of hydrogen-bond acceptors (Lipinski definition) is 4. The van der Waals surface area contributed by atoms with Gasteiger partial charge in [0.2, 0.25) is 15.9 Å². The highest BCUT2D eigenvalue weighted by Crippen LogP contribution is 2.23. The summed E-state index contributed by atoms with van der Waals surface area (Å²) in [5.41, 5.74) is 0. The first-order valence-electron chi connectivity index (χ1n) is 7.91. The smallest absolute Gasteiger partial charge is 0.224 e. The summed E-state index contributed by atoms with van der Waals surface area (Å²) in [7, 11) is -3.31. The van der Waals surface area contributed by atoms with Crippen LogP contribution in [0, 0.1) is 0 Å². The van der Waals surface area contributed by atoms with Crippen molar-refractivity contribution in [2.24, 2.45) is 0 Å². The average molecular weight is 317 g/mol. The summed E-state index contributed by atoms with van der Waals surface area (Å²) in [5, 5.41) is 3.13. The molecule has 2 rings (SSSR count). The lowest BCUT2D eigenvalue weighted by atomic mass is 9.97.